The van der Waals surface area contributed by atoms with Gasteiger partial charge in [0.15, 0.2) is 5.03 Å². The first-order valence-electron chi connectivity index (χ1n) is 5.57. The summed E-state index contributed by atoms with van der Waals surface area (Å²) in [6, 6.07) is 3.12. The van der Waals surface area contributed by atoms with Gasteiger partial charge in [0.25, 0.3) is 10.0 Å². The molecular weight excluding hydrogens is 276 g/mol. The van der Waals surface area contributed by atoms with Crippen molar-refractivity contribution in [1.29, 1.82) is 0 Å². The Kier molecular flexibility index (Phi) is 6.01. The van der Waals surface area contributed by atoms with Crippen molar-refractivity contribution >= 4 is 21.6 Å². The Morgan fingerprint density at radius 2 is 2.17 bits per heavy atom. The first-order chi connectivity index (χ1) is 8.52. The molecule has 0 atom stereocenters. The van der Waals surface area contributed by atoms with Crippen LogP contribution in [0.3, 0.4) is 0 Å². The van der Waals surface area contributed by atoms with Gasteiger partial charge in [-0.3, -0.25) is 0 Å². The number of hydrogen-bond acceptors (Lipinski definition) is 4. The van der Waals surface area contributed by atoms with E-state index in [-0.39, 0.29) is 5.03 Å². The van der Waals surface area contributed by atoms with Gasteiger partial charge in [0.05, 0.1) is 6.61 Å². The van der Waals surface area contributed by atoms with Gasteiger partial charge < -0.3 is 4.74 Å². The summed E-state index contributed by atoms with van der Waals surface area (Å²) in [4.78, 5) is 3.92. The second-order valence-electron chi connectivity index (χ2n) is 3.66. The van der Waals surface area contributed by atoms with Crippen LogP contribution in [-0.2, 0) is 20.6 Å². The Balaban J connectivity index is 2.77. The van der Waals surface area contributed by atoms with E-state index in [0.29, 0.717) is 25.6 Å². The number of likely N-dealkylation sites (N-methyl/N-ethyl adjacent to an activating group) is 1. The summed E-state index contributed by atoms with van der Waals surface area (Å²) >= 11 is 5.62. The van der Waals surface area contributed by atoms with Gasteiger partial charge in [-0.25, -0.2) is 13.4 Å². The van der Waals surface area contributed by atoms with Crippen molar-refractivity contribution in [3.63, 3.8) is 0 Å². The molecule has 0 aliphatic heterocycles. The van der Waals surface area contributed by atoms with Gasteiger partial charge in [-0.1, -0.05) is 6.07 Å². The van der Waals surface area contributed by atoms with Gasteiger partial charge in [0.1, 0.15) is 0 Å². The lowest BCUT2D eigenvalue weighted by molar-refractivity contribution is 0.138. The monoisotopic (exact) mass is 292 g/mol. The molecule has 1 aromatic heterocycles. The highest BCUT2D eigenvalue weighted by Crippen LogP contribution is 2.12. The maximum absolute atomic E-state index is 12.1. The Labute approximate surface area is 113 Å². The molecule has 0 saturated heterocycles. The topological polar surface area (TPSA) is 59.5 Å². The highest BCUT2D eigenvalue weighted by atomic mass is 35.5. The van der Waals surface area contributed by atoms with Crippen LogP contribution in [0, 0.1) is 0 Å². The maximum Gasteiger partial charge on any atom is 0.260 e. The van der Waals surface area contributed by atoms with Crippen LogP contribution in [0.25, 0.3) is 0 Å². The highest BCUT2D eigenvalue weighted by Gasteiger charge is 2.21. The molecule has 0 aliphatic rings. The number of rotatable bonds is 7. The highest BCUT2D eigenvalue weighted by molar-refractivity contribution is 7.89. The van der Waals surface area contributed by atoms with E-state index in [1.165, 1.54) is 23.6 Å². The first-order valence-corrected chi connectivity index (χ1v) is 7.54. The number of pyridine rings is 1. The molecule has 0 saturated carbocycles. The number of nitrogens with zero attached hydrogens (tertiary/aromatic N) is 2. The zero-order valence-electron chi connectivity index (χ0n) is 10.5. The predicted molar refractivity (Wildman–Crippen MR) is 70.1 cm³/mol. The summed E-state index contributed by atoms with van der Waals surface area (Å²) in [5.41, 5.74) is 0.785. The molecule has 0 radical (unpaired) electrons. The molecule has 18 heavy (non-hydrogen) atoms. The second kappa shape index (κ2) is 7.04. The summed E-state index contributed by atoms with van der Waals surface area (Å²) in [5, 5.41) is 0.0235. The molecule has 5 nitrogen and oxygen atoms in total. The summed E-state index contributed by atoms with van der Waals surface area (Å²) in [7, 11) is -2.04. The fourth-order valence-corrected chi connectivity index (χ4v) is 2.48. The average molecular weight is 293 g/mol. The van der Waals surface area contributed by atoms with E-state index in [1.807, 2.05) is 6.92 Å². The fraction of sp³-hybridized carbons (Fsp3) is 0.545. The molecule has 7 heteroatoms. The van der Waals surface area contributed by atoms with Crippen LogP contribution in [0.2, 0.25) is 0 Å². The lowest BCUT2D eigenvalue weighted by Crippen LogP contribution is -2.30. The molecule has 0 spiro atoms. The maximum atomic E-state index is 12.1. The van der Waals surface area contributed by atoms with Gasteiger partial charge in [-0.15, -0.1) is 11.6 Å². The summed E-state index contributed by atoms with van der Waals surface area (Å²) in [6.07, 6.45) is 1.47. The summed E-state index contributed by atoms with van der Waals surface area (Å²) in [5.74, 6) is 0.313. The smallest absolute Gasteiger partial charge is 0.260 e. The van der Waals surface area contributed by atoms with E-state index in [0.717, 1.165) is 5.56 Å². The van der Waals surface area contributed by atoms with Crippen LogP contribution in [-0.4, -0.2) is 44.5 Å². The Hall–Kier alpha value is -0.690. The summed E-state index contributed by atoms with van der Waals surface area (Å²) in [6.45, 7) is 3.10. The largest absolute Gasteiger partial charge is 0.380 e. The van der Waals surface area contributed by atoms with Gasteiger partial charge in [-0.2, -0.15) is 4.31 Å². The second-order valence-corrected chi connectivity index (χ2v) is 5.92. The van der Waals surface area contributed by atoms with Crippen molar-refractivity contribution in [1.82, 2.24) is 9.29 Å². The van der Waals surface area contributed by atoms with Crippen molar-refractivity contribution in [3.8, 4) is 0 Å². The lowest BCUT2D eigenvalue weighted by Gasteiger charge is -2.16. The molecule has 0 aromatic carbocycles. The van der Waals surface area contributed by atoms with Crippen molar-refractivity contribution in [2.24, 2.45) is 0 Å². The van der Waals surface area contributed by atoms with Crippen LogP contribution < -0.4 is 0 Å². The average Bonchev–Trinajstić information content (AvgIpc) is 2.39. The van der Waals surface area contributed by atoms with E-state index >= 15 is 0 Å². The van der Waals surface area contributed by atoms with Gasteiger partial charge in [0.2, 0.25) is 0 Å². The van der Waals surface area contributed by atoms with Crippen LogP contribution in [0.15, 0.2) is 23.4 Å². The van der Waals surface area contributed by atoms with E-state index in [9.17, 15) is 8.42 Å². The minimum atomic E-state index is -3.55. The SMILES string of the molecule is CCOCCN(C)S(=O)(=O)c1ccc(CCl)cn1. The quantitative estimate of drug-likeness (QED) is 0.564. The third-order valence-corrected chi connectivity index (χ3v) is 4.46. The van der Waals surface area contributed by atoms with Crippen LogP contribution in [0.4, 0.5) is 0 Å². The van der Waals surface area contributed by atoms with Crippen LogP contribution in [0.1, 0.15) is 12.5 Å². The Morgan fingerprint density at radius 3 is 2.67 bits per heavy atom. The molecular formula is C11H17ClN2O3S. The number of aromatic nitrogens is 1. The molecule has 0 N–H and O–H groups in total. The fourth-order valence-electron chi connectivity index (χ4n) is 1.26. The van der Waals surface area contributed by atoms with Crippen molar-refractivity contribution < 1.29 is 13.2 Å². The first kappa shape index (κ1) is 15.4. The number of alkyl halides is 1. The molecule has 0 amide bonds. The number of halogens is 1. The molecule has 1 aromatic rings. The number of sulfonamides is 1. The van der Waals surface area contributed by atoms with Crippen molar-refractivity contribution in [2.45, 2.75) is 17.8 Å². The molecule has 0 aliphatic carbocycles. The molecule has 102 valence electrons. The molecule has 0 bridgehead atoms. The number of hydrogen-bond donors (Lipinski definition) is 0. The summed E-state index contributed by atoms with van der Waals surface area (Å²) < 4.78 is 30.6. The van der Waals surface area contributed by atoms with Crippen LogP contribution >= 0.6 is 11.6 Å². The third kappa shape index (κ3) is 3.91. The van der Waals surface area contributed by atoms with Gasteiger partial charge >= 0.3 is 0 Å². The van der Waals surface area contributed by atoms with Crippen molar-refractivity contribution in [3.05, 3.63) is 23.9 Å². The Morgan fingerprint density at radius 1 is 1.44 bits per heavy atom. The molecule has 1 heterocycles. The minimum absolute atomic E-state index is 0.0235. The van der Waals surface area contributed by atoms with E-state index < -0.39 is 10.0 Å². The standard InChI is InChI=1S/C11H17ClN2O3S/c1-3-17-7-6-14(2)18(15,16)11-5-4-10(8-12)9-13-11/h4-5,9H,3,6-8H2,1-2H3. The molecule has 1 rings (SSSR count). The zero-order valence-corrected chi connectivity index (χ0v) is 12.0. The van der Waals surface area contributed by atoms with Crippen LogP contribution in [0.5, 0.6) is 0 Å². The van der Waals surface area contributed by atoms with Gasteiger partial charge in [0, 0.05) is 32.3 Å². The third-order valence-electron chi connectivity index (χ3n) is 2.38. The van der Waals surface area contributed by atoms with Crippen molar-refractivity contribution in [2.75, 3.05) is 26.8 Å². The van der Waals surface area contributed by atoms with E-state index in [1.54, 1.807) is 6.07 Å². The lowest BCUT2D eigenvalue weighted by atomic mass is 10.3. The molecule has 0 unspecified atom stereocenters. The van der Waals surface area contributed by atoms with E-state index in [4.69, 9.17) is 16.3 Å². The zero-order chi connectivity index (χ0) is 13.6. The Bertz CT molecular complexity index is 462. The normalized spacial score (nSPS) is 12.0. The number of ether oxygens (including phenoxy) is 1. The minimum Gasteiger partial charge on any atom is -0.380 e. The van der Waals surface area contributed by atoms with E-state index in [2.05, 4.69) is 4.98 Å². The molecule has 0 fully saturated rings. The van der Waals surface area contributed by atoms with Gasteiger partial charge in [-0.05, 0) is 18.6 Å². The predicted octanol–water partition coefficient (Wildman–Crippen LogP) is 1.48.